The van der Waals surface area contributed by atoms with E-state index in [-0.39, 0.29) is 12.5 Å². The second kappa shape index (κ2) is 5.89. The Kier molecular flexibility index (Phi) is 5.43. The summed E-state index contributed by atoms with van der Waals surface area (Å²) in [6, 6.07) is 0. The van der Waals surface area contributed by atoms with Gasteiger partial charge in [-0.3, -0.25) is 9.79 Å². The first kappa shape index (κ1) is 10.1. The van der Waals surface area contributed by atoms with Gasteiger partial charge in [-0.05, 0) is 12.8 Å². The first-order valence-corrected chi connectivity index (χ1v) is 3.82. The lowest BCUT2D eigenvalue weighted by Gasteiger charge is -1.97. The summed E-state index contributed by atoms with van der Waals surface area (Å²) in [5.41, 5.74) is 0. The summed E-state index contributed by atoms with van der Waals surface area (Å²) in [6.07, 6.45) is 1.75. The Morgan fingerprint density at radius 3 is 2.73 bits per heavy atom. The fourth-order valence-electron chi connectivity index (χ4n) is 0.545. The second-order valence-electron chi connectivity index (χ2n) is 2.54. The normalized spacial score (nSPS) is 10.9. The average Bonchev–Trinajstić information content (AvgIpc) is 1.87. The van der Waals surface area contributed by atoms with Crippen LogP contribution in [-0.4, -0.2) is 25.3 Å². The van der Waals surface area contributed by atoms with Crippen molar-refractivity contribution in [3.8, 4) is 0 Å². The van der Waals surface area contributed by atoms with Crippen molar-refractivity contribution in [3.05, 3.63) is 0 Å². The van der Waals surface area contributed by atoms with Crippen LogP contribution < -0.4 is 0 Å². The maximum Gasteiger partial charge on any atom is 0.327 e. The fraction of sp³-hybridized carbons (Fsp3) is 0.750. The molecule has 64 valence electrons. The van der Waals surface area contributed by atoms with Crippen LogP contribution in [0.15, 0.2) is 4.99 Å². The third-order valence-electron chi connectivity index (χ3n) is 0.929. The average molecular weight is 157 g/mol. The highest BCUT2D eigenvalue weighted by atomic mass is 16.5. The van der Waals surface area contributed by atoms with Gasteiger partial charge in [-0.1, -0.05) is 13.8 Å². The van der Waals surface area contributed by atoms with Crippen molar-refractivity contribution in [2.45, 2.75) is 20.8 Å². The smallest absolute Gasteiger partial charge is 0.327 e. The molecule has 0 fully saturated rings. The van der Waals surface area contributed by atoms with Crippen LogP contribution in [0.2, 0.25) is 0 Å². The van der Waals surface area contributed by atoms with Crippen LogP contribution in [0.25, 0.3) is 0 Å². The fourth-order valence-corrected chi connectivity index (χ4v) is 0.545. The van der Waals surface area contributed by atoms with Gasteiger partial charge in [-0.15, -0.1) is 0 Å². The van der Waals surface area contributed by atoms with Crippen molar-refractivity contribution in [1.29, 1.82) is 0 Å². The number of ether oxygens (including phenoxy) is 1. The number of hydrogen-bond donors (Lipinski definition) is 0. The summed E-state index contributed by atoms with van der Waals surface area (Å²) in [5.74, 6) is 0.133. The van der Waals surface area contributed by atoms with E-state index in [1.165, 1.54) is 0 Å². The topological polar surface area (TPSA) is 38.7 Å². The van der Waals surface area contributed by atoms with E-state index >= 15 is 0 Å². The van der Waals surface area contributed by atoms with Gasteiger partial charge in [0.25, 0.3) is 0 Å². The van der Waals surface area contributed by atoms with Crippen LogP contribution in [0.1, 0.15) is 20.8 Å². The quantitative estimate of drug-likeness (QED) is 0.455. The predicted octanol–water partition coefficient (Wildman–Crippen LogP) is 1.28. The number of carbonyl (C=O) groups is 1. The van der Waals surface area contributed by atoms with Crippen molar-refractivity contribution in [2.75, 3.05) is 13.2 Å². The molecule has 3 heteroatoms. The largest absolute Gasteiger partial charge is 0.465 e. The summed E-state index contributed by atoms with van der Waals surface area (Å²) in [5, 5.41) is 0. The van der Waals surface area contributed by atoms with Crippen LogP contribution in [0.5, 0.6) is 0 Å². The molecule has 11 heavy (non-hydrogen) atoms. The first-order valence-electron chi connectivity index (χ1n) is 3.82. The van der Waals surface area contributed by atoms with E-state index in [0.29, 0.717) is 12.5 Å². The molecule has 0 atom stereocenters. The molecule has 3 nitrogen and oxygen atoms in total. The van der Waals surface area contributed by atoms with Crippen LogP contribution in [0.3, 0.4) is 0 Å². The molecule has 0 saturated carbocycles. The van der Waals surface area contributed by atoms with E-state index < -0.39 is 0 Å². The predicted molar refractivity (Wildman–Crippen MR) is 44.8 cm³/mol. The van der Waals surface area contributed by atoms with Crippen molar-refractivity contribution < 1.29 is 9.53 Å². The molecule has 0 aromatic rings. The van der Waals surface area contributed by atoms with Gasteiger partial charge in [-0.25, -0.2) is 0 Å². The Morgan fingerprint density at radius 2 is 2.27 bits per heavy atom. The minimum absolute atomic E-state index is 0.145. The number of nitrogens with zero attached hydrogens (tertiary/aromatic N) is 1. The SMILES string of the molecule is CCOC(=O)C/N=C\C(C)C. The molecule has 0 aliphatic rings. The molecule has 0 bridgehead atoms. The number of rotatable bonds is 4. The minimum atomic E-state index is -0.260. The molecule has 0 N–H and O–H groups in total. The molecule has 0 aromatic carbocycles. The zero-order chi connectivity index (χ0) is 8.69. The number of carbonyl (C=O) groups excluding carboxylic acids is 1. The monoisotopic (exact) mass is 157 g/mol. The van der Waals surface area contributed by atoms with E-state index in [1.54, 1.807) is 13.1 Å². The molecule has 0 aliphatic heterocycles. The Balaban J connectivity index is 3.45. The van der Waals surface area contributed by atoms with Crippen molar-refractivity contribution >= 4 is 12.2 Å². The van der Waals surface area contributed by atoms with E-state index in [0.717, 1.165) is 0 Å². The third-order valence-corrected chi connectivity index (χ3v) is 0.929. The van der Waals surface area contributed by atoms with Crippen molar-refractivity contribution in [1.82, 2.24) is 0 Å². The van der Waals surface area contributed by atoms with Gasteiger partial charge in [0.2, 0.25) is 0 Å². The molecular weight excluding hydrogens is 142 g/mol. The highest BCUT2D eigenvalue weighted by Gasteiger charge is 1.96. The molecule has 0 unspecified atom stereocenters. The van der Waals surface area contributed by atoms with Gasteiger partial charge >= 0.3 is 5.97 Å². The molecule has 0 amide bonds. The van der Waals surface area contributed by atoms with Gasteiger partial charge in [0.15, 0.2) is 0 Å². The zero-order valence-electron chi connectivity index (χ0n) is 7.33. The number of hydrogen-bond acceptors (Lipinski definition) is 3. The summed E-state index contributed by atoms with van der Waals surface area (Å²) < 4.78 is 4.67. The highest BCUT2D eigenvalue weighted by molar-refractivity contribution is 5.74. The molecule has 0 rings (SSSR count). The molecule has 0 radical (unpaired) electrons. The van der Waals surface area contributed by atoms with Crippen LogP contribution in [0, 0.1) is 5.92 Å². The van der Waals surface area contributed by atoms with Crippen molar-refractivity contribution in [2.24, 2.45) is 10.9 Å². The van der Waals surface area contributed by atoms with Crippen LogP contribution in [-0.2, 0) is 9.53 Å². The van der Waals surface area contributed by atoms with Gasteiger partial charge < -0.3 is 4.74 Å². The van der Waals surface area contributed by atoms with E-state index in [9.17, 15) is 4.79 Å². The van der Waals surface area contributed by atoms with Crippen molar-refractivity contribution in [3.63, 3.8) is 0 Å². The number of esters is 1. The summed E-state index contributed by atoms with van der Waals surface area (Å²) >= 11 is 0. The maximum atomic E-state index is 10.7. The maximum absolute atomic E-state index is 10.7. The highest BCUT2D eigenvalue weighted by Crippen LogP contribution is 1.86. The number of aliphatic imine (C=N–C) groups is 1. The summed E-state index contributed by atoms with van der Waals surface area (Å²) in [7, 11) is 0. The molecule has 0 spiro atoms. The lowest BCUT2D eigenvalue weighted by atomic mass is 10.2. The van der Waals surface area contributed by atoms with Crippen LogP contribution in [0.4, 0.5) is 0 Å². The Bertz CT molecular complexity index is 141. The lowest BCUT2D eigenvalue weighted by Crippen LogP contribution is -2.08. The summed E-state index contributed by atoms with van der Waals surface area (Å²) in [6.45, 7) is 6.37. The Hall–Kier alpha value is -0.860. The third kappa shape index (κ3) is 7.03. The Morgan fingerprint density at radius 1 is 1.64 bits per heavy atom. The van der Waals surface area contributed by atoms with Gasteiger partial charge in [0, 0.05) is 6.21 Å². The van der Waals surface area contributed by atoms with E-state index in [1.807, 2.05) is 13.8 Å². The van der Waals surface area contributed by atoms with Gasteiger partial charge in [-0.2, -0.15) is 0 Å². The lowest BCUT2D eigenvalue weighted by molar-refractivity contribution is -0.141. The molecule has 0 aliphatic carbocycles. The zero-order valence-corrected chi connectivity index (χ0v) is 7.33. The van der Waals surface area contributed by atoms with Gasteiger partial charge in [0.05, 0.1) is 6.61 Å². The first-order chi connectivity index (χ1) is 5.16. The van der Waals surface area contributed by atoms with Crippen LogP contribution >= 0.6 is 0 Å². The van der Waals surface area contributed by atoms with E-state index in [2.05, 4.69) is 9.73 Å². The second-order valence-corrected chi connectivity index (χ2v) is 2.54. The minimum Gasteiger partial charge on any atom is -0.465 e. The molecule has 0 aromatic heterocycles. The summed E-state index contributed by atoms with van der Waals surface area (Å²) in [4.78, 5) is 14.6. The van der Waals surface area contributed by atoms with E-state index in [4.69, 9.17) is 0 Å². The standard InChI is InChI=1S/C8H15NO2/c1-4-11-8(10)6-9-5-7(2)3/h5,7H,4,6H2,1-3H3/b9-5-. The molecular formula is C8H15NO2. The molecule has 0 heterocycles. The molecule has 0 saturated heterocycles. The van der Waals surface area contributed by atoms with Gasteiger partial charge in [0.1, 0.15) is 6.54 Å². The Labute approximate surface area is 67.5 Å².